The van der Waals surface area contributed by atoms with Crippen molar-refractivity contribution in [1.82, 2.24) is 13.9 Å². The van der Waals surface area contributed by atoms with E-state index in [9.17, 15) is 30.4 Å². The molecule has 2 fully saturated rings. The zero-order valence-electron chi connectivity index (χ0n) is 18.4. The topological polar surface area (TPSA) is 67.2 Å². The van der Waals surface area contributed by atoms with Gasteiger partial charge in [0, 0.05) is 36.9 Å². The van der Waals surface area contributed by atoms with Crippen LogP contribution in [-0.2, 0) is 23.2 Å². The van der Waals surface area contributed by atoms with Gasteiger partial charge in [-0.05, 0) is 48.7 Å². The molecule has 0 amide bonds. The van der Waals surface area contributed by atoms with Crippen molar-refractivity contribution in [2.24, 2.45) is 7.05 Å². The van der Waals surface area contributed by atoms with Crippen LogP contribution in [0.5, 0.6) is 0 Å². The summed E-state index contributed by atoms with van der Waals surface area (Å²) in [6, 6.07) is 6.47. The lowest BCUT2D eigenvalue weighted by Gasteiger charge is -2.31. The number of nitrogens with one attached hydrogen (secondary N) is 1. The standard InChI is InChI=1S/C23H21F5N4O2S/c1-31-11-20(29-12-31)35(33,34)32-18-8-9-19(32)22(21(18)13-2-4-14(24)5-3-13)30-15-6-7-17(25)16(10-15)23(26,27)28/h2-7,10-12,18-19,21-22,30H,8-9H2,1H3/t18-,19+,21-,22-/m0/s1. The highest BCUT2D eigenvalue weighted by Gasteiger charge is 2.58. The van der Waals surface area contributed by atoms with Crippen molar-refractivity contribution in [3.8, 4) is 0 Å². The molecule has 3 heterocycles. The lowest BCUT2D eigenvalue weighted by Crippen LogP contribution is -2.40. The van der Waals surface area contributed by atoms with E-state index in [1.54, 1.807) is 19.2 Å². The summed E-state index contributed by atoms with van der Waals surface area (Å²) < 4.78 is 97.2. The number of hydrogen-bond donors (Lipinski definition) is 1. The van der Waals surface area contributed by atoms with E-state index in [4.69, 9.17) is 0 Å². The number of anilines is 1. The van der Waals surface area contributed by atoms with Gasteiger partial charge in [0.05, 0.1) is 17.9 Å². The third-order valence-electron chi connectivity index (χ3n) is 6.71. The van der Waals surface area contributed by atoms with Crippen molar-refractivity contribution in [1.29, 1.82) is 0 Å². The summed E-state index contributed by atoms with van der Waals surface area (Å²) in [5, 5.41) is 2.91. The van der Waals surface area contributed by atoms with E-state index >= 15 is 0 Å². The fourth-order valence-electron chi connectivity index (χ4n) is 5.31. The van der Waals surface area contributed by atoms with E-state index in [0.717, 1.165) is 6.07 Å². The summed E-state index contributed by atoms with van der Waals surface area (Å²) in [5.74, 6) is -2.34. The van der Waals surface area contributed by atoms with Gasteiger partial charge in [0.25, 0.3) is 10.0 Å². The number of hydrogen-bond acceptors (Lipinski definition) is 4. The highest BCUT2D eigenvalue weighted by molar-refractivity contribution is 7.89. The van der Waals surface area contributed by atoms with Crippen LogP contribution in [0.2, 0.25) is 0 Å². The Morgan fingerprint density at radius 3 is 2.34 bits per heavy atom. The fourth-order valence-corrected chi connectivity index (χ4v) is 7.19. The van der Waals surface area contributed by atoms with Crippen LogP contribution in [0.1, 0.15) is 29.9 Å². The highest BCUT2D eigenvalue weighted by atomic mass is 32.2. The first-order valence-corrected chi connectivity index (χ1v) is 12.3. The normalized spacial score (nSPS) is 24.7. The van der Waals surface area contributed by atoms with Gasteiger partial charge in [-0.15, -0.1) is 0 Å². The molecule has 2 aliphatic rings. The molecule has 2 aliphatic heterocycles. The van der Waals surface area contributed by atoms with Crippen LogP contribution in [0.15, 0.2) is 60.0 Å². The van der Waals surface area contributed by atoms with Crippen LogP contribution in [0.4, 0.5) is 27.6 Å². The first-order chi connectivity index (χ1) is 16.5. The number of nitrogens with zero attached hydrogens (tertiary/aromatic N) is 3. The van der Waals surface area contributed by atoms with E-state index in [-0.39, 0.29) is 10.7 Å². The number of aromatic nitrogens is 2. The maximum Gasteiger partial charge on any atom is 0.419 e. The Morgan fingerprint density at radius 2 is 1.71 bits per heavy atom. The third kappa shape index (κ3) is 4.08. The number of benzene rings is 2. The lowest BCUT2D eigenvalue weighted by molar-refractivity contribution is -0.139. The number of aryl methyl sites for hydroxylation is 1. The van der Waals surface area contributed by atoms with Gasteiger partial charge in [-0.3, -0.25) is 0 Å². The molecule has 3 aromatic rings. The number of rotatable bonds is 5. The predicted molar refractivity (Wildman–Crippen MR) is 117 cm³/mol. The van der Waals surface area contributed by atoms with Crippen LogP contribution in [-0.4, -0.2) is 40.4 Å². The SMILES string of the molecule is Cn1cnc(S(=O)(=O)N2[C@@H]3CC[C@H]2[C@H](c2ccc(F)cc2)[C@H]3Nc2ccc(F)c(C(F)(F)F)c2)c1. The minimum atomic E-state index is -4.89. The summed E-state index contributed by atoms with van der Waals surface area (Å²) in [7, 11) is -2.38. The second-order valence-electron chi connectivity index (χ2n) is 8.86. The molecule has 0 radical (unpaired) electrons. The number of sulfonamides is 1. The minimum absolute atomic E-state index is 0.0126. The van der Waals surface area contributed by atoms with Crippen LogP contribution < -0.4 is 5.32 Å². The fraction of sp³-hybridized carbons (Fsp3) is 0.348. The predicted octanol–water partition coefficient (Wildman–Crippen LogP) is 4.52. The molecule has 0 spiro atoms. The Bertz CT molecular complexity index is 1360. The summed E-state index contributed by atoms with van der Waals surface area (Å²) in [6.45, 7) is 0. The zero-order chi connectivity index (χ0) is 25.1. The second kappa shape index (κ2) is 8.30. The molecule has 2 aromatic carbocycles. The van der Waals surface area contributed by atoms with Gasteiger partial charge in [0.15, 0.2) is 5.03 Å². The molecule has 6 nitrogen and oxygen atoms in total. The van der Waals surface area contributed by atoms with Gasteiger partial charge in [-0.2, -0.15) is 17.5 Å². The van der Waals surface area contributed by atoms with Gasteiger partial charge >= 0.3 is 6.18 Å². The molecule has 4 atom stereocenters. The Kier molecular flexibility index (Phi) is 5.63. The van der Waals surface area contributed by atoms with Gasteiger partial charge in [0.2, 0.25) is 0 Å². The van der Waals surface area contributed by atoms with Gasteiger partial charge in [0.1, 0.15) is 11.6 Å². The molecular formula is C23H21F5N4O2S. The first kappa shape index (κ1) is 23.7. The molecule has 2 bridgehead atoms. The number of halogens is 5. The van der Waals surface area contributed by atoms with Crippen molar-refractivity contribution >= 4 is 15.7 Å². The molecular weight excluding hydrogens is 491 g/mol. The quantitative estimate of drug-likeness (QED) is 0.511. The smallest absolute Gasteiger partial charge is 0.380 e. The average Bonchev–Trinajstić information content (AvgIpc) is 3.49. The molecule has 0 unspecified atom stereocenters. The van der Waals surface area contributed by atoms with E-state index < -0.39 is 57.4 Å². The zero-order valence-corrected chi connectivity index (χ0v) is 19.2. The Morgan fingerprint density at radius 1 is 1.03 bits per heavy atom. The van der Waals surface area contributed by atoms with Crippen molar-refractivity contribution in [2.75, 3.05) is 5.32 Å². The van der Waals surface area contributed by atoms with Crippen LogP contribution >= 0.6 is 0 Å². The number of fused-ring (bicyclic) bond motifs is 2. The molecule has 0 saturated carbocycles. The van der Waals surface area contributed by atoms with E-state index in [1.807, 2.05) is 0 Å². The maximum absolute atomic E-state index is 13.8. The molecule has 1 aromatic heterocycles. The van der Waals surface area contributed by atoms with E-state index in [0.29, 0.717) is 24.5 Å². The summed E-state index contributed by atoms with van der Waals surface area (Å²) in [5.41, 5.74) is -0.754. The van der Waals surface area contributed by atoms with Crippen molar-refractivity contribution in [2.45, 2.75) is 48.1 Å². The van der Waals surface area contributed by atoms with E-state index in [2.05, 4.69) is 10.3 Å². The van der Waals surface area contributed by atoms with Crippen molar-refractivity contribution < 1.29 is 30.4 Å². The van der Waals surface area contributed by atoms with Crippen molar-refractivity contribution in [3.05, 3.63) is 77.8 Å². The van der Waals surface area contributed by atoms with Gasteiger partial charge < -0.3 is 9.88 Å². The second-order valence-corrected chi connectivity index (χ2v) is 10.7. The largest absolute Gasteiger partial charge is 0.419 e. The Balaban J connectivity index is 1.57. The monoisotopic (exact) mass is 512 g/mol. The number of alkyl halides is 3. The number of imidazole rings is 1. The Labute approximate surface area is 198 Å². The summed E-state index contributed by atoms with van der Waals surface area (Å²) in [4.78, 5) is 3.99. The van der Waals surface area contributed by atoms with Crippen LogP contribution in [0.3, 0.4) is 0 Å². The molecule has 0 aliphatic carbocycles. The molecule has 35 heavy (non-hydrogen) atoms. The lowest BCUT2D eigenvalue weighted by atomic mass is 9.80. The maximum atomic E-state index is 13.8. The van der Waals surface area contributed by atoms with Gasteiger partial charge in [-0.25, -0.2) is 22.2 Å². The molecule has 2 saturated heterocycles. The molecule has 1 N–H and O–H groups in total. The van der Waals surface area contributed by atoms with Crippen LogP contribution in [0.25, 0.3) is 0 Å². The van der Waals surface area contributed by atoms with E-state index in [1.165, 1.54) is 39.6 Å². The third-order valence-corrected chi connectivity index (χ3v) is 8.55. The van der Waals surface area contributed by atoms with Crippen molar-refractivity contribution in [3.63, 3.8) is 0 Å². The summed E-state index contributed by atoms with van der Waals surface area (Å²) in [6.07, 6.45) is -1.14. The molecule has 186 valence electrons. The first-order valence-electron chi connectivity index (χ1n) is 10.9. The molecule has 12 heteroatoms. The average molecular weight is 513 g/mol. The minimum Gasteiger partial charge on any atom is -0.380 e. The van der Waals surface area contributed by atoms with Gasteiger partial charge in [-0.1, -0.05) is 12.1 Å². The highest BCUT2D eigenvalue weighted by Crippen LogP contribution is 2.50. The van der Waals surface area contributed by atoms with Crippen LogP contribution in [0, 0.1) is 11.6 Å². The Hall–Kier alpha value is -2.99. The summed E-state index contributed by atoms with van der Waals surface area (Å²) >= 11 is 0. The molecule has 5 rings (SSSR count).